The molecule has 1 unspecified atom stereocenters. The second kappa shape index (κ2) is 13.0. The summed E-state index contributed by atoms with van der Waals surface area (Å²) >= 11 is 0. The van der Waals surface area contributed by atoms with Gasteiger partial charge in [-0.25, -0.2) is 4.39 Å². The molecule has 0 saturated carbocycles. The van der Waals surface area contributed by atoms with Crippen molar-refractivity contribution in [3.8, 4) is 23.0 Å². The van der Waals surface area contributed by atoms with E-state index in [2.05, 4.69) is 15.6 Å². The standard InChI is InChI=1S/C21H28FN3O4.HI/c1-14(29-17-9-7-6-8-16(17)22)12-24-21(23-2)25-13-15-10-18(26-3)20(28-5)19(11-15)27-4;/h6-11,14H,12-13H2,1-5H3,(H2,23,24,25);1H. The third kappa shape index (κ3) is 7.12. The van der Waals surface area contributed by atoms with E-state index in [-0.39, 0.29) is 41.6 Å². The summed E-state index contributed by atoms with van der Waals surface area (Å²) in [6.45, 7) is 2.79. The van der Waals surface area contributed by atoms with E-state index in [4.69, 9.17) is 18.9 Å². The molecule has 9 heteroatoms. The molecule has 0 aromatic heterocycles. The molecule has 2 N–H and O–H groups in total. The summed E-state index contributed by atoms with van der Waals surface area (Å²) in [4.78, 5) is 4.20. The average molecular weight is 533 g/mol. The highest BCUT2D eigenvalue weighted by molar-refractivity contribution is 14.0. The van der Waals surface area contributed by atoms with Gasteiger partial charge in [-0.3, -0.25) is 4.99 Å². The molecule has 7 nitrogen and oxygen atoms in total. The fourth-order valence-electron chi connectivity index (χ4n) is 2.68. The van der Waals surface area contributed by atoms with E-state index < -0.39 is 0 Å². The fraction of sp³-hybridized carbons (Fsp3) is 0.381. The lowest BCUT2D eigenvalue weighted by atomic mass is 10.2. The minimum atomic E-state index is -0.385. The van der Waals surface area contributed by atoms with Crippen LogP contribution in [0.5, 0.6) is 23.0 Å². The van der Waals surface area contributed by atoms with E-state index in [0.29, 0.717) is 36.3 Å². The summed E-state index contributed by atoms with van der Waals surface area (Å²) in [6, 6.07) is 10.1. The zero-order valence-corrected chi connectivity index (χ0v) is 20.2. The second-order valence-corrected chi connectivity index (χ2v) is 6.20. The van der Waals surface area contributed by atoms with Crippen LogP contribution in [0, 0.1) is 5.82 Å². The SMILES string of the molecule is CN=C(NCc1cc(OC)c(OC)c(OC)c1)NCC(C)Oc1ccccc1F.I. The van der Waals surface area contributed by atoms with Crippen LogP contribution >= 0.6 is 24.0 Å². The van der Waals surface area contributed by atoms with Crippen molar-refractivity contribution in [2.45, 2.75) is 19.6 Å². The van der Waals surface area contributed by atoms with Crippen molar-refractivity contribution in [2.75, 3.05) is 34.9 Å². The van der Waals surface area contributed by atoms with Gasteiger partial charge in [-0.05, 0) is 36.8 Å². The number of benzene rings is 2. The maximum absolute atomic E-state index is 13.7. The number of para-hydroxylation sites is 1. The molecule has 2 aromatic carbocycles. The molecule has 0 radical (unpaired) electrons. The maximum atomic E-state index is 13.7. The van der Waals surface area contributed by atoms with Crippen molar-refractivity contribution in [1.82, 2.24) is 10.6 Å². The highest BCUT2D eigenvalue weighted by Crippen LogP contribution is 2.38. The second-order valence-electron chi connectivity index (χ2n) is 6.20. The Bertz CT molecular complexity index is 811. The van der Waals surface area contributed by atoms with Crippen LogP contribution in [0.15, 0.2) is 41.4 Å². The molecular weight excluding hydrogens is 504 g/mol. The third-order valence-electron chi connectivity index (χ3n) is 4.13. The summed E-state index contributed by atoms with van der Waals surface area (Å²) < 4.78 is 35.4. The molecule has 1 atom stereocenters. The number of rotatable bonds is 9. The van der Waals surface area contributed by atoms with Gasteiger partial charge in [0.05, 0.1) is 27.9 Å². The summed E-state index contributed by atoms with van der Waals surface area (Å²) in [5.41, 5.74) is 0.929. The van der Waals surface area contributed by atoms with Crippen molar-refractivity contribution in [1.29, 1.82) is 0 Å². The lowest BCUT2D eigenvalue weighted by molar-refractivity contribution is 0.214. The molecule has 0 bridgehead atoms. The molecular formula is C21H29FIN3O4. The lowest BCUT2D eigenvalue weighted by Crippen LogP contribution is -2.41. The molecule has 0 saturated heterocycles. The van der Waals surface area contributed by atoms with E-state index in [1.54, 1.807) is 46.6 Å². The van der Waals surface area contributed by atoms with Crippen molar-refractivity contribution >= 4 is 29.9 Å². The van der Waals surface area contributed by atoms with Crippen LogP contribution in [0.25, 0.3) is 0 Å². The van der Waals surface area contributed by atoms with Crippen LogP contribution in [0.3, 0.4) is 0 Å². The first kappa shape index (κ1) is 25.6. The Labute approximate surface area is 194 Å². The molecule has 0 spiro atoms. The number of hydrogen-bond donors (Lipinski definition) is 2. The van der Waals surface area contributed by atoms with Gasteiger partial charge < -0.3 is 29.6 Å². The largest absolute Gasteiger partial charge is 0.493 e. The number of hydrogen-bond acceptors (Lipinski definition) is 5. The molecule has 0 heterocycles. The summed E-state index contributed by atoms with van der Waals surface area (Å²) in [5.74, 6) is 2.13. The van der Waals surface area contributed by atoms with E-state index in [1.807, 2.05) is 19.1 Å². The minimum absolute atomic E-state index is 0. The van der Waals surface area contributed by atoms with Crippen molar-refractivity contribution < 1.29 is 23.3 Å². The first-order valence-corrected chi connectivity index (χ1v) is 9.17. The molecule has 2 aromatic rings. The topological polar surface area (TPSA) is 73.3 Å². The van der Waals surface area contributed by atoms with Crippen LogP contribution in [-0.4, -0.2) is 47.0 Å². The van der Waals surface area contributed by atoms with Crippen molar-refractivity contribution in [3.63, 3.8) is 0 Å². The average Bonchev–Trinajstić information content (AvgIpc) is 2.74. The predicted octanol–water partition coefficient (Wildman–Crippen LogP) is 3.60. The summed E-state index contributed by atoms with van der Waals surface area (Å²) in [6.07, 6.45) is -0.258. The smallest absolute Gasteiger partial charge is 0.203 e. The zero-order valence-electron chi connectivity index (χ0n) is 17.8. The zero-order chi connectivity index (χ0) is 21.2. The van der Waals surface area contributed by atoms with Crippen LogP contribution in [-0.2, 0) is 6.54 Å². The fourth-order valence-corrected chi connectivity index (χ4v) is 2.68. The van der Waals surface area contributed by atoms with Crippen LogP contribution < -0.4 is 29.6 Å². The van der Waals surface area contributed by atoms with Gasteiger partial charge in [-0.15, -0.1) is 24.0 Å². The molecule has 0 aliphatic carbocycles. The maximum Gasteiger partial charge on any atom is 0.203 e. The molecule has 0 fully saturated rings. The van der Waals surface area contributed by atoms with Crippen LogP contribution in [0.2, 0.25) is 0 Å². The first-order chi connectivity index (χ1) is 14.0. The number of halogens is 2. The van der Waals surface area contributed by atoms with E-state index in [0.717, 1.165) is 5.56 Å². The van der Waals surface area contributed by atoms with Crippen molar-refractivity contribution in [2.24, 2.45) is 4.99 Å². The number of nitrogens with one attached hydrogen (secondary N) is 2. The monoisotopic (exact) mass is 533 g/mol. The Hall–Kier alpha value is -2.43. The molecule has 0 amide bonds. The quantitative estimate of drug-likeness (QED) is 0.292. The van der Waals surface area contributed by atoms with Gasteiger partial charge in [-0.2, -0.15) is 0 Å². The number of aliphatic imine (C=N–C) groups is 1. The van der Waals surface area contributed by atoms with Gasteiger partial charge in [-0.1, -0.05) is 12.1 Å². The Balaban J connectivity index is 0.00000450. The number of ether oxygens (including phenoxy) is 4. The predicted molar refractivity (Wildman–Crippen MR) is 126 cm³/mol. The van der Waals surface area contributed by atoms with Gasteiger partial charge in [0.2, 0.25) is 5.75 Å². The highest BCUT2D eigenvalue weighted by atomic mass is 127. The minimum Gasteiger partial charge on any atom is -0.493 e. The number of methoxy groups -OCH3 is 3. The number of nitrogens with zero attached hydrogens (tertiary/aromatic N) is 1. The molecule has 0 aliphatic rings. The Kier molecular flexibility index (Phi) is 11.1. The van der Waals surface area contributed by atoms with Crippen molar-refractivity contribution in [3.05, 3.63) is 47.8 Å². The third-order valence-corrected chi connectivity index (χ3v) is 4.13. The first-order valence-electron chi connectivity index (χ1n) is 9.17. The molecule has 2 rings (SSSR count). The Morgan fingerprint density at radius 2 is 1.63 bits per heavy atom. The Morgan fingerprint density at radius 1 is 1.00 bits per heavy atom. The summed E-state index contributed by atoms with van der Waals surface area (Å²) in [7, 11) is 6.39. The van der Waals surface area contributed by atoms with Gasteiger partial charge in [0.1, 0.15) is 6.10 Å². The molecule has 166 valence electrons. The molecule has 30 heavy (non-hydrogen) atoms. The Morgan fingerprint density at radius 3 is 2.17 bits per heavy atom. The normalized spacial score (nSPS) is 11.7. The molecule has 0 aliphatic heterocycles. The highest BCUT2D eigenvalue weighted by Gasteiger charge is 2.14. The van der Waals surface area contributed by atoms with Gasteiger partial charge in [0, 0.05) is 13.6 Å². The van der Waals surface area contributed by atoms with Gasteiger partial charge in [0.25, 0.3) is 0 Å². The van der Waals surface area contributed by atoms with E-state index >= 15 is 0 Å². The van der Waals surface area contributed by atoms with E-state index in [1.165, 1.54) is 6.07 Å². The van der Waals surface area contributed by atoms with Crippen LogP contribution in [0.1, 0.15) is 12.5 Å². The summed E-state index contributed by atoms with van der Waals surface area (Å²) in [5, 5.41) is 6.38. The lowest BCUT2D eigenvalue weighted by Gasteiger charge is -2.18. The van der Waals surface area contributed by atoms with Gasteiger partial charge in [0.15, 0.2) is 29.0 Å². The van der Waals surface area contributed by atoms with Gasteiger partial charge >= 0.3 is 0 Å². The van der Waals surface area contributed by atoms with Crippen LogP contribution in [0.4, 0.5) is 4.39 Å². The van der Waals surface area contributed by atoms with E-state index in [9.17, 15) is 4.39 Å². The number of guanidine groups is 1.